The largest absolute Gasteiger partial charge is 0.454 e. The zero-order valence-corrected chi connectivity index (χ0v) is 12.8. The minimum Gasteiger partial charge on any atom is -0.454 e. The Hall–Kier alpha value is -2.87. The van der Waals surface area contributed by atoms with Crippen LogP contribution in [0.1, 0.15) is 12.6 Å². The van der Waals surface area contributed by atoms with Crippen LogP contribution in [-0.4, -0.2) is 4.98 Å². The van der Waals surface area contributed by atoms with Crippen LogP contribution in [0, 0.1) is 0 Å². The van der Waals surface area contributed by atoms with Crippen molar-refractivity contribution in [2.24, 2.45) is 0 Å². The molecule has 2 aromatic heterocycles. The molecule has 0 bridgehead atoms. The quantitative estimate of drug-likeness (QED) is 0.363. The van der Waals surface area contributed by atoms with Crippen LogP contribution in [0.5, 0.6) is 0 Å². The van der Waals surface area contributed by atoms with Gasteiger partial charge in [0.1, 0.15) is 5.58 Å². The van der Waals surface area contributed by atoms with E-state index < -0.39 is 0 Å². The first-order valence-corrected chi connectivity index (χ1v) is 7.98. The average Bonchev–Trinajstić information content (AvgIpc) is 3.00. The summed E-state index contributed by atoms with van der Waals surface area (Å²) in [5.41, 5.74) is 3.93. The highest BCUT2D eigenvalue weighted by Crippen LogP contribution is 2.38. The van der Waals surface area contributed by atoms with Gasteiger partial charge in [-0.3, -0.25) is 0 Å². The van der Waals surface area contributed by atoms with E-state index in [1.54, 1.807) is 0 Å². The summed E-state index contributed by atoms with van der Waals surface area (Å²) in [6.45, 7) is 2.13. The fourth-order valence-corrected chi connectivity index (χ4v) is 3.55. The van der Waals surface area contributed by atoms with Gasteiger partial charge in [0, 0.05) is 16.2 Å². The van der Waals surface area contributed by atoms with Crippen LogP contribution in [0.25, 0.3) is 43.6 Å². The first-order valence-electron chi connectivity index (χ1n) is 7.98. The first-order chi connectivity index (χ1) is 11.4. The van der Waals surface area contributed by atoms with Crippen molar-refractivity contribution in [1.82, 2.24) is 4.98 Å². The third-order valence-electron chi connectivity index (χ3n) is 4.60. The van der Waals surface area contributed by atoms with Gasteiger partial charge in [-0.25, -0.2) is 4.98 Å². The van der Waals surface area contributed by atoms with Gasteiger partial charge >= 0.3 is 0 Å². The van der Waals surface area contributed by atoms with E-state index in [0.717, 1.165) is 28.8 Å². The van der Waals surface area contributed by atoms with Crippen molar-refractivity contribution in [2.45, 2.75) is 13.3 Å². The minimum atomic E-state index is 0.860. The molecule has 5 rings (SSSR count). The number of para-hydroxylation sites is 1. The summed E-state index contributed by atoms with van der Waals surface area (Å²) in [4.78, 5) is 4.87. The molecule has 0 N–H and O–H groups in total. The second-order valence-electron chi connectivity index (χ2n) is 5.90. The molecule has 0 radical (unpaired) electrons. The molecule has 2 heteroatoms. The van der Waals surface area contributed by atoms with Gasteiger partial charge in [-0.2, -0.15) is 0 Å². The van der Waals surface area contributed by atoms with Crippen LogP contribution in [0.2, 0.25) is 0 Å². The number of hydrogen-bond donors (Lipinski definition) is 0. The average molecular weight is 297 g/mol. The predicted octanol–water partition coefficient (Wildman–Crippen LogP) is 5.85. The van der Waals surface area contributed by atoms with E-state index >= 15 is 0 Å². The molecule has 0 aliphatic carbocycles. The van der Waals surface area contributed by atoms with E-state index in [1.165, 1.54) is 26.9 Å². The molecule has 0 saturated heterocycles. The van der Waals surface area contributed by atoms with Gasteiger partial charge in [-0.15, -0.1) is 0 Å². The Balaban J connectivity index is 2.17. The molecule has 23 heavy (non-hydrogen) atoms. The van der Waals surface area contributed by atoms with Crippen LogP contribution in [0.4, 0.5) is 0 Å². The molecule has 0 saturated carbocycles. The number of nitrogens with zero attached hydrogens (tertiary/aromatic N) is 1. The lowest BCUT2D eigenvalue weighted by Gasteiger charge is -2.07. The van der Waals surface area contributed by atoms with Crippen molar-refractivity contribution in [1.29, 1.82) is 0 Å². The number of fused-ring (bicyclic) bond motifs is 7. The maximum Gasteiger partial charge on any atom is 0.157 e. The van der Waals surface area contributed by atoms with Gasteiger partial charge in [0.2, 0.25) is 0 Å². The molecule has 2 heterocycles. The highest BCUT2D eigenvalue weighted by molar-refractivity contribution is 6.26. The Bertz CT molecular complexity index is 1200. The van der Waals surface area contributed by atoms with Gasteiger partial charge in [-0.05, 0) is 29.3 Å². The summed E-state index contributed by atoms with van der Waals surface area (Å²) in [5.74, 6) is 0. The van der Waals surface area contributed by atoms with Crippen molar-refractivity contribution in [3.05, 3.63) is 66.4 Å². The summed E-state index contributed by atoms with van der Waals surface area (Å²) >= 11 is 0. The molecule has 0 amide bonds. The number of pyridine rings is 1. The molecule has 110 valence electrons. The second kappa shape index (κ2) is 4.56. The van der Waals surface area contributed by atoms with Crippen molar-refractivity contribution in [2.75, 3.05) is 0 Å². The summed E-state index contributed by atoms with van der Waals surface area (Å²) in [6.07, 6.45) is 0.860. The lowest BCUT2D eigenvalue weighted by atomic mass is 9.99. The zero-order valence-electron chi connectivity index (χ0n) is 12.8. The SMILES string of the molecule is CCc1nc2ccc3ccccc3c2c2c1oc1ccccc12. The van der Waals surface area contributed by atoms with E-state index in [4.69, 9.17) is 9.40 Å². The molecule has 0 unspecified atom stereocenters. The number of aryl methyl sites for hydroxylation is 1. The van der Waals surface area contributed by atoms with E-state index in [-0.39, 0.29) is 0 Å². The number of benzene rings is 3. The first kappa shape index (κ1) is 12.7. The van der Waals surface area contributed by atoms with Gasteiger partial charge < -0.3 is 4.42 Å². The minimum absolute atomic E-state index is 0.860. The van der Waals surface area contributed by atoms with Crippen LogP contribution in [0.3, 0.4) is 0 Å². The van der Waals surface area contributed by atoms with Crippen molar-refractivity contribution in [3.8, 4) is 0 Å². The van der Waals surface area contributed by atoms with Crippen LogP contribution < -0.4 is 0 Å². The maximum absolute atomic E-state index is 6.17. The number of hydrogen-bond acceptors (Lipinski definition) is 2. The van der Waals surface area contributed by atoms with Gasteiger partial charge in [0.25, 0.3) is 0 Å². The molecule has 2 nitrogen and oxygen atoms in total. The standard InChI is InChI=1S/C21H15NO/c1-2-16-21-20(15-9-5-6-10-18(15)23-21)19-14-8-4-3-7-13(14)11-12-17(19)22-16/h3-12H,2H2,1H3. The fourth-order valence-electron chi connectivity index (χ4n) is 3.55. The van der Waals surface area contributed by atoms with Gasteiger partial charge in [0.15, 0.2) is 5.58 Å². The van der Waals surface area contributed by atoms with E-state index in [0.29, 0.717) is 0 Å². The number of rotatable bonds is 1. The molecular weight excluding hydrogens is 282 g/mol. The number of aromatic nitrogens is 1. The lowest BCUT2D eigenvalue weighted by molar-refractivity contribution is 0.660. The van der Waals surface area contributed by atoms with Crippen LogP contribution in [-0.2, 0) is 6.42 Å². The molecule has 3 aromatic carbocycles. The van der Waals surface area contributed by atoms with E-state index in [9.17, 15) is 0 Å². The normalized spacial score (nSPS) is 11.9. The highest BCUT2D eigenvalue weighted by Gasteiger charge is 2.16. The van der Waals surface area contributed by atoms with Crippen LogP contribution >= 0.6 is 0 Å². The predicted molar refractivity (Wildman–Crippen MR) is 95.9 cm³/mol. The Morgan fingerprint density at radius 1 is 0.826 bits per heavy atom. The summed E-state index contributed by atoms with van der Waals surface area (Å²) < 4.78 is 6.17. The molecule has 0 aliphatic heterocycles. The third kappa shape index (κ3) is 1.66. The Kier molecular flexibility index (Phi) is 2.51. The van der Waals surface area contributed by atoms with E-state index in [2.05, 4.69) is 55.5 Å². The smallest absolute Gasteiger partial charge is 0.157 e. The summed E-state index contributed by atoms with van der Waals surface area (Å²) in [5, 5.41) is 6.02. The Morgan fingerprint density at radius 2 is 1.61 bits per heavy atom. The topological polar surface area (TPSA) is 26.0 Å². The molecule has 5 aromatic rings. The highest BCUT2D eigenvalue weighted by atomic mass is 16.3. The van der Waals surface area contributed by atoms with Crippen molar-refractivity contribution >= 4 is 43.6 Å². The molecule has 0 aliphatic rings. The van der Waals surface area contributed by atoms with Crippen molar-refractivity contribution in [3.63, 3.8) is 0 Å². The van der Waals surface area contributed by atoms with Crippen molar-refractivity contribution < 1.29 is 4.42 Å². The second-order valence-corrected chi connectivity index (χ2v) is 5.90. The van der Waals surface area contributed by atoms with Gasteiger partial charge in [0.05, 0.1) is 11.2 Å². The summed E-state index contributed by atoms with van der Waals surface area (Å²) in [7, 11) is 0. The van der Waals surface area contributed by atoms with Crippen LogP contribution in [0.15, 0.2) is 65.1 Å². The monoisotopic (exact) mass is 297 g/mol. The van der Waals surface area contributed by atoms with Gasteiger partial charge in [-0.1, -0.05) is 55.5 Å². The lowest BCUT2D eigenvalue weighted by Crippen LogP contribution is -1.90. The maximum atomic E-state index is 6.17. The Labute approximate surface area is 133 Å². The molecule has 0 spiro atoms. The fraction of sp³-hybridized carbons (Fsp3) is 0.0952. The van der Waals surface area contributed by atoms with E-state index in [1.807, 2.05) is 12.1 Å². The third-order valence-corrected chi connectivity index (χ3v) is 4.60. The molecule has 0 fully saturated rings. The Morgan fingerprint density at radius 3 is 2.48 bits per heavy atom. The zero-order chi connectivity index (χ0) is 15.4. The molecule has 0 atom stereocenters. The molecular formula is C21H15NO. The number of furan rings is 1. The summed E-state index contributed by atoms with van der Waals surface area (Å²) in [6, 6.07) is 21.0.